The molecule has 0 radical (unpaired) electrons. The zero-order valence-electron chi connectivity index (χ0n) is 15.9. The lowest BCUT2D eigenvalue weighted by Crippen LogP contribution is -2.35. The molecule has 2 saturated heterocycles. The van der Waals surface area contributed by atoms with E-state index in [0.717, 1.165) is 11.1 Å². The van der Waals surface area contributed by atoms with E-state index in [1.807, 2.05) is 19.9 Å². The Hall–Kier alpha value is -2.16. The van der Waals surface area contributed by atoms with E-state index in [1.165, 1.54) is 10.6 Å². The number of rotatable bonds is 5. The third-order valence-electron chi connectivity index (χ3n) is 5.51. The Bertz CT molecular complexity index is 950. The number of aryl methyl sites for hydroxylation is 2. The van der Waals surface area contributed by atoms with Gasteiger partial charge in [0.2, 0.25) is 10.0 Å². The average Bonchev–Trinajstić information content (AvgIpc) is 3.36. The number of amides is 1. The van der Waals surface area contributed by atoms with Crippen LogP contribution in [0.1, 0.15) is 21.7 Å². The Morgan fingerprint density at radius 3 is 2.64 bits per heavy atom. The van der Waals surface area contributed by atoms with Gasteiger partial charge in [0.25, 0.3) is 5.91 Å². The number of nitrogens with zero attached hydrogens (tertiary/aromatic N) is 1. The number of furan rings is 1. The maximum atomic E-state index is 13.1. The number of hydrogen-bond donors (Lipinski definition) is 1. The van der Waals surface area contributed by atoms with E-state index in [-0.39, 0.29) is 29.6 Å². The molecule has 2 fully saturated rings. The van der Waals surface area contributed by atoms with Crippen LogP contribution >= 0.6 is 0 Å². The zero-order valence-corrected chi connectivity index (χ0v) is 16.7. The first kappa shape index (κ1) is 19.2. The Balaban J connectivity index is 1.43. The number of ether oxygens (including phenoxy) is 1. The quantitative estimate of drug-likeness (QED) is 0.823. The van der Waals surface area contributed by atoms with Gasteiger partial charge in [-0.1, -0.05) is 6.07 Å². The second-order valence-corrected chi connectivity index (χ2v) is 9.57. The number of carbonyl (C=O) groups is 1. The average molecular weight is 404 g/mol. The Morgan fingerprint density at radius 2 is 1.96 bits per heavy atom. The van der Waals surface area contributed by atoms with Gasteiger partial charge in [-0.15, -0.1) is 0 Å². The lowest BCUT2D eigenvalue weighted by molar-refractivity contribution is 0.0907. The molecule has 2 aromatic rings. The molecule has 150 valence electrons. The van der Waals surface area contributed by atoms with Crippen LogP contribution in [-0.4, -0.2) is 51.0 Å². The van der Waals surface area contributed by atoms with Crippen molar-refractivity contribution in [2.75, 3.05) is 26.2 Å². The fourth-order valence-electron chi connectivity index (χ4n) is 4.12. The molecule has 0 aliphatic carbocycles. The SMILES string of the molecule is Cc1cc(C)cc(S(=O)(=O)N2C[C@@H]3[C@@H](CNC(=O)c4ccco4)CO[C@@H]3C2)c1. The summed E-state index contributed by atoms with van der Waals surface area (Å²) in [5.74, 6) is 0.132. The summed E-state index contributed by atoms with van der Waals surface area (Å²) in [7, 11) is -3.56. The molecule has 2 aliphatic heterocycles. The summed E-state index contributed by atoms with van der Waals surface area (Å²) in [6, 6.07) is 8.64. The van der Waals surface area contributed by atoms with Crippen molar-refractivity contribution in [3.63, 3.8) is 0 Å². The molecule has 1 aromatic carbocycles. The second-order valence-electron chi connectivity index (χ2n) is 7.63. The standard InChI is InChI=1S/C20H24N2O5S/c1-13-6-14(2)8-16(7-13)28(24,25)22-10-17-15(12-27-19(17)11-22)9-21-20(23)18-4-3-5-26-18/h3-8,15,17,19H,9-12H2,1-2H3,(H,21,23)/t15-,17+,19+/m0/s1. The zero-order chi connectivity index (χ0) is 19.9. The molecule has 0 spiro atoms. The van der Waals surface area contributed by atoms with Gasteiger partial charge >= 0.3 is 0 Å². The molecule has 0 saturated carbocycles. The van der Waals surface area contributed by atoms with Crippen molar-refractivity contribution in [3.05, 3.63) is 53.5 Å². The molecular formula is C20H24N2O5S. The van der Waals surface area contributed by atoms with Gasteiger partial charge in [-0.25, -0.2) is 8.42 Å². The van der Waals surface area contributed by atoms with E-state index in [1.54, 1.807) is 24.3 Å². The molecule has 2 aliphatic rings. The number of nitrogens with one attached hydrogen (secondary N) is 1. The largest absolute Gasteiger partial charge is 0.459 e. The van der Waals surface area contributed by atoms with Gasteiger partial charge in [-0.2, -0.15) is 4.31 Å². The molecule has 3 heterocycles. The minimum absolute atomic E-state index is 0.0672. The number of benzene rings is 1. The van der Waals surface area contributed by atoms with E-state index in [0.29, 0.717) is 31.1 Å². The minimum Gasteiger partial charge on any atom is -0.459 e. The third-order valence-corrected chi connectivity index (χ3v) is 7.32. The highest BCUT2D eigenvalue weighted by molar-refractivity contribution is 7.89. The lowest BCUT2D eigenvalue weighted by Gasteiger charge is -2.20. The van der Waals surface area contributed by atoms with Crippen molar-refractivity contribution in [2.24, 2.45) is 11.8 Å². The Morgan fingerprint density at radius 1 is 1.21 bits per heavy atom. The monoisotopic (exact) mass is 404 g/mol. The van der Waals surface area contributed by atoms with E-state index in [2.05, 4.69) is 5.32 Å². The van der Waals surface area contributed by atoms with Crippen molar-refractivity contribution in [2.45, 2.75) is 24.8 Å². The Labute approximate surface area is 164 Å². The van der Waals surface area contributed by atoms with E-state index >= 15 is 0 Å². The van der Waals surface area contributed by atoms with Crippen LogP contribution < -0.4 is 5.32 Å². The first-order valence-electron chi connectivity index (χ1n) is 9.36. The number of sulfonamides is 1. The predicted octanol–water partition coefficient (Wildman–Crippen LogP) is 1.96. The van der Waals surface area contributed by atoms with Crippen LogP contribution in [0.3, 0.4) is 0 Å². The van der Waals surface area contributed by atoms with Crippen LogP contribution in [0.4, 0.5) is 0 Å². The highest BCUT2D eigenvalue weighted by Crippen LogP contribution is 2.36. The van der Waals surface area contributed by atoms with Gasteiger partial charge in [-0.3, -0.25) is 4.79 Å². The summed E-state index contributed by atoms with van der Waals surface area (Å²) in [4.78, 5) is 12.4. The predicted molar refractivity (Wildman–Crippen MR) is 102 cm³/mol. The molecule has 4 rings (SSSR count). The third kappa shape index (κ3) is 3.59. The van der Waals surface area contributed by atoms with Crippen LogP contribution in [0.15, 0.2) is 45.9 Å². The molecule has 1 N–H and O–H groups in total. The summed E-state index contributed by atoms with van der Waals surface area (Å²) in [5, 5.41) is 2.86. The highest BCUT2D eigenvalue weighted by Gasteiger charge is 2.47. The van der Waals surface area contributed by atoms with Crippen LogP contribution in [0, 0.1) is 25.7 Å². The highest BCUT2D eigenvalue weighted by atomic mass is 32.2. The van der Waals surface area contributed by atoms with Crippen molar-refractivity contribution in [1.82, 2.24) is 9.62 Å². The van der Waals surface area contributed by atoms with Gasteiger partial charge in [0, 0.05) is 31.5 Å². The summed E-state index contributed by atoms with van der Waals surface area (Å²) < 4.78 is 38.6. The van der Waals surface area contributed by atoms with Gasteiger partial charge in [0.15, 0.2) is 5.76 Å². The molecule has 0 unspecified atom stereocenters. The van der Waals surface area contributed by atoms with Gasteiger partial charge in [0.05, 0.1) is 23.9 Å². The molecule has 28 heavy (non-hydrogen) atoms. The molecular weight excluding hydrogens is 380 g/mol. The smallest absolute Gasteiger partial charge is 0.286 e. The fourth-order valence-corrected chi connectivity index (χ4v) is 5.80. The van der Waals surface area contributed by atoms with Crippen LogP contribution in [0.5, 0.6) is 0 Å². The Kier molecular flexibility index (Phi) is 5.03. The molecule has 0 bridgehead atoms. The van der Waals surface area contributed by atoms with E-state index < -0.39 is 10.0 Å². The molecule has 3 atom stereocenters. The molecule has 1 amide bonds. The van der Waals surface area contributed by atoms with Crippen molar-refractivity contribution < 1.29 is 22.4 Å². The van der Waals surface area contributed by atoms with Gasteiger partial charge in [0.1, 0.15) is 0 Å². The van der Waals surface area contributed by atoms with Crippen molar-refractivity contribution in [3.8, 4) is 0 Å². The summed E-state index contributed by atoms with van der Waals surface area (Å²) >= 11 is 0. The van der Waals surface area contributed by atoms with Crippen LogP contribution in [0.2, 0.25) is 0 Å². The topological polar surface area (TPSA) is 88.9 Å². The summed E-state index contributed by atoms with van der Waals surface area (Å²) in [6.45, 7) is 5.49. The maximum absolute atomic E-state index is 13.1. The normalized spacial score (nSPS) is 25.0. The number of hydrogen-bond acceptors (Lipinski definition) is 5. The maximum Gasteiger partial charge on any atom is 0.286 e. The first-order valence-corrected chi connectivity index (χ1v) is 10.8. The first-order chi connectivity index (χ1) is 13.3. The van der Waals surface area contributed by atoms with Crippen molar-refractivity contribution >= 4 is 15.9 Å². The minimum atomic E-state index is -3.56. The fraction of sp³-hybridized carbons (Fsp3) is 0.450. The molecule has 7 nitrogen and oxygen atoms in total. The summed E-state index contributed by atoms with van der Waals surface area (Å²) in [5.41, 5.74) is 1.85. The summed E-state index contributed by atoms with van der Waals surface area (Å²) in [6.07, 6.45) is 1.32. The van der Waals surface area contributed by atoms with Crippen molar-refractivity contribution in [1.29, 1.82) is 0 Å². The number of carbonyl (C=O) groups excluding carboxylic acids is 1. The number of fused-ring (bicyclic) bond motifs is 1. The van der Waals surface area contributed by atoms with Gasteiger partial charge in [-0.05, 0) is 49.2 Å². The van der Waals surface area contributed by atoms with Gasteiger partial charge < -0.3 is 14.5 Å². The second kappa shape index (κ2) is 7.35. The lowest BCUT2D eigenvalue weighted by atomic mass is 9.93. The van der Waals surface area contributed by atoms with E-state index in [9.17, 15) is 13.2 Å². The van der Waals surface area contributed by atoms with E-state index in [4.69, 9.17) is 9.15 Å². The van der Waals surface area contributed by atoms with Crippen LogP contribution in [0.25, 0.3) is 0 Å². The molecule has 8 heteroatoms. The van der Waals surface area contributed by atoms with Crippen LogP contribution in [-0.2, 0) is 14.8 Å². The molecule has 1 aromatic heterocycles.